The molecule has 2 aliphatic heterocycles. The first-order chi connectivity index (χ1) is 12.6. The minimum absolute atomic E-state index is 0.0491. The summed E-state index contributed by atoms with van der Waals surface area (Å²) in [4.78, 5) is 14.7. The van der Waals surface area contributed by atoms with E-state index < -0.39 is 0 Å². The van der Waals surface area contributed by atoms with Crippen molar-refractivity contribution >= 4 is 11.6 Å². The van der Waals surface area contributed by atoms with E-state index >= 15 is 0 Å². The fourth-order valence-electron chi connectivity index (χ4n) is 3.66. The number of fused-ring (bicyclic) bond motifs is 1. The molecule has 0 saturated carbocycles. The highest BCUT2D eigenvalue weighted by atomic mass is 16.6. The molecule has 2 aliphatic rings. The van der Waals surface area contributed by atoms with E-state index in [4.69, 9.17) is 13.9 Å². The average molecular weight is 356 g/mol. The van der Waals surface area contributed by atoms with Gasteiger partial charge in [-0.05, 0) is 44.9 Å². The zero-order chi connectivity index (χ0) is 18.1. The number of amides is 1. The van der Waals surface area contributed by atoms with Gasteiger partial charge in [0.2, 0.25) is 0 Å². The van der Waals surface area contributed by atoms with E-state index in [1.165, 1.54) is 0 Å². The summed E-state index contributed by atoms with van der Waals surface area (Å²) in [6, 6.07) is 7.94. The van der Waals surface area contributed by atoms with Crippen LogP contribution in [-0.2, 0) is 0 Å². The van der Waals surface area contributed by atoms with E-state index in [1.54, 1.807) is 0 Å². The van der Waals surface area contributed by atoms with Gasteiger partial charge in [-0.3, -0.25) is 4.79 Å². The molecule has 1 unspecified atom stereocenters. The molecule has 2 aromatic rings. The summed E-state index contributed by atoms with van der Waals surface area (Å²) in [6.45, 7) is 6.33. The molecule has 6 nitrogen and oxygen atoms in total. The molecule has 138 valence electrons. The maximum Gasteiger partial charge on any atom is 0.257 e. The minimum Gasteiger partial charge on any atom is -0.486 e. The summed E-state index contributed by atoms with van der Waals surface area (Å²) < 4.78 is 16.7. The van der Waals surface area contributed by atoms with E-state index in [9.17, 15) is 4.79 Å². The van der Waals surface area contributed by atoms with Crippen molar-refractivity contribution < 1.29 is 18.7 Å². The normalized spacial score (nSPS) is 19.3. The van der Waals surface area contributed by atoms with E-state index in [2.05, 4.69) is 5.32 Å². The molecule has 3 heterocycles. The van der Waals surface area contributed by atoms with Crippen LogP contribution >= 0.6 is 0 Å². The van der Waals surface area contributed by atoms with Crippen molar-refractivity contribution in [2.45, 2.75) is 32.7 Å². The molecule has 1 atom stereocenters. The SMILES string of the molecule is Cc1cc(C(=O)N2CCCC(Nc3ccc4c(c3)OCCO4)C2)c(C)o1. The molecule has 6 heteroatoms. The van der Waals surface area contributed by atoms with Crippen LogP contribution in [0.4, 0.5) is 5.69 Å². The van der Waals surface area contributed by atoms with Crippen molar-refractivity contribution in [3.05, 3.63) is 41.3 Å². The van der Waals surface area contributed by atoms with Gasteiger partial charge in [0, 0.05) is 30.9 Å². The molecule has 1 saturated heterocycles. The predicted octanol–water partition coefficient (Wildman–Crippen LogP) is 3.38. The number of likely N-dealkylation sites (tertiary alicyclic amines) is 1. The first kappa shape index (κ1) is 16.8. The zero-order valence-corrected chi connectivity index (χ0v) is 15.2. The van der Waals surface area contributed by atoms with Gasteiger partial charge in [0.1, 0.15) is 24.7 Å². The number of aryl methyl sites for hydroxylation is 2. The summed E-state index contributed by atoms with van der Waals surface area (Å²) in [5.74, 6) is 3.07. The Hall–Kier alpha value is -2.63. The number of hydrogen-bond acceptors (Lipinski definition) is 5. The fourth-order valence-corrected chi connectivity index (χ4v) is 3.66. The topological polar surface area (TPSA) is 63.9 Å². The number of rotatable bonds is 3. The van der Waals surface area contributed by atoms with E-state index in [-0.39, 0.29) is 11.9 Å². The van der Waals surface area contributed by atoms with E-state index in [1.807, 2.05) is 43.0 Å². The molecule has 0 radical (unpaired) electrons. The lowest BCUT2D eigenvalue weighted by Crippen LogP contribution is -2.45. The van der Waals surface area contributed by atoms with Crippen molar-refractivity contribution in [1.82, 2.24) is 4.90 Å². The highest BCUT2D eigenvalue weighted by molar-refractivity contribution is 5.95. The second kappa shape index (κ2) is 6.94. The molecule has 0 bridgehead atoms. The summed E-state index contributed by atoms with van der Waals surface area (Å²) >= 11 is 0. The second-order valence-corrected chi connectivity index (χ2v) is 6.92. The van der Waals surface area contributed by atoms with Crippen LogP contribution in [0.25, 0.3) is 0 Å². The fraction of sp³-hybridized carbons (Fsp3) is 0.450. The van der Waals surface area contributed by atoms with Crippen LogP contribution in [0, 0.1) is 13.8 Å². The van der Waals surface area contributed by atoms with Crippen molar-refractivity contribution in [2.75, 3.05) is 31.6 Å². The first-order valence-electron chi connectivity index (χ1n) is 9.12. The number of carbonyl (C=O) groups is 1. The lowest BCUT2D eigenvalue weighted by Gasteiger charge is -2.34. The summed E-state index contributed by atoms with van der Waals surface area (Å²) in [5.41, 5.74) is 1.66. The third kappa shape index (κ3) is 3.36. The standard InChI is InChI=1S/C20H24N2O4/c1-13-10-17(14(2)26-13)20(23)22-7-3-4-16(12-22)21-15-5-6-18-19(11-15)25-9-8-24-18/h5-6,10-11,16,21H,3-4,7-9,12H2,1-2H3. The molecule has 1 N–H and O–H groups in total. The van der Waals surface area contributed by atoms with Crippen molar-refractivity contribution in [1.29, 1.82) is 0 Å². The highest BCUT2D eigenvalue weighted by Gasteiger charge is 2.27. The number of carbonyl (C=O) groups excluding carboxylic acids is 1. The van der Waals surface area contributed by atoms with Crippen molar-refractivity contribution in [3.63, 3.8) is 0 Å². The number of furan rings is 1. The Morgan fingerprint density at radius 2 is 1.96 bits per heavy atom. The Bertz CT molecular complexity index is 814. The van der Waals surface area contributed by atoms with Crippen LogP contribution in [0.5, 0.6) is 11.5 Å². The molecular weight excluding hydrogens is 332 g/mol. The van der Waals surface area contributed by atoms with Gasteiger partial charge in [0.15, 0.2) is 11.5 Å². The van der Waals surface area contributed by atoms with Gasteiger partial charge in [0.25, 0.3) is 5.91 Å². The van der Waals surface area contributed by atoms with Crippen LogP contribution in [0.15, 0.2) is 28.7 Å². The molecule has 1 amide bonds. The van der Waals surface area contributed by atoms with Gasteiger partial charge in [-0.25, -0.2) is 0 Å². The molecule has 0 spiro atoms. The number of anilines is 1. The highest BCUT2D eigenvalue weighted by Crippen LogP contribution is 2.33. The van der Waals surface area contributed by atoms with Gasteiger partial charge < -0.3 is 24.1 Å². The van der Waals surface area contributed by atoms with Crippen LogP contribution < -0.4 is 14.8 Å². The molecule has 1 aromatic heterocycles. The largest absolute Gasteiger partial charge is 0.486 e. The van der Waals surface area contributed by atoms with Crippen LogP contribution in [0.1, 0.15) is 34.7 Å². The second-order valence-electron chi connectivity index (χ2n) is 6.92. The van der Waals surface area contributed by atoms with Gasteiger partial charge >= 0.3 is 0 Å². The smallest absolute Gasteiger partial charge is 0.257 e. The van der Waals surface area contributed by atoms with Crippen LogP contribution in [0.2, 0.25) is 0 Å². The number of benzene rings is 1. The first-order valence-corrected chi connectivity index (χ1v) is 9.12. The van der Waals surface area contributed by atoms with Gasteiger partial charge in [-0.2, -0.15) is 0 Å². The number of nitrogens with zero attached hydrogens (tertiary/aromatic N) is 1. The minimum atomic E-state index is 0.0491. The molecule has 0 aliphatic carbocycles. The van der Waals surface area contributed by atoms with Crippen LogP contribution in [0.3, 0.4) is 0 Å². The van der Waals surface area contributed by atoms with Crippen LogP contribution in [-0.4, -0.2) is 43.2 Å². The third-order valence-electron chi connectivity index (χ3n) is 4.89. The monoisotopic (exact) mass is 356 g/mol. The summed E-state index contributed by atoms with van der Waals surface area (Å²) in [5, 5.41) is 3.53. The zero-order valence-electron chi connectivity index (χ0n) is 15.2. The Labute approximate surface area is 153 Å². The molecule has 1 aromatic carbocycles. The quantitative estimate of drug-likeness (QED) is 0.913. The van der Waals surface area contributed by atoms with Gasteiger partial charge in [0.05, 0.1) is 5.56 Å². The summed E-state index contributed by atoms with van der Waals surface area (Å²) in [7, 11) is 0. The predicted molar refractivity (Wildman–Crippen MR) is 98.2 cm³/mol. The lowest BCUT2D eigenvalue weighted by atomic mass is 10.0. The Morgan fingerprint density at radius 3 is 2.73 bits per heavy atom. The van der Waals surface area contributed by atoms with E-state index in [0.29, 0.717) is 31.1 Å². The number of nitrogens with one attached hydrogen (secondary N) is 1. The summed E-state index contributed by atoms with van der Waals surface area (Å²) in [6.07, 6.45) is 2.01. The number of piperidine rings is 1. The Balaban J connectivity index is 1.44. The molecular formula is C20H24N2O4. The number of hydrogen-bond donors (Lipinski definition) is 1. The van der Waals surface area contributed by atoms with Gasteiger partial charge in [-0.15, -0.1) is 0 Å². The number of ether oxygens (including phenoxy) is 2. The molecule has 4 rings (SSSR count). The van der Waals surface area contributed by atoms with Gasteiger partial charge in [-0.1, -0.05) is 0 Å². The average Bonchev–Trinajstić information content (AvgIpc) is 2.99. The molecule has 1 fully saturated rings. The van der Waals surface area contributed by atoms with Crippen molar-refractivity contribution in [3.8, 4) is 11.5 Å². The third-order valence-corrected chi connectivity index (χ3v) is 4.89. The Morgan fingerprint density at radius 1 is 1.15 bits per heavy atom. The molecule has 26 heavy (non-hydrogen) atoms. The maximum absolute atomic E-state index is 12.8. The Kier molecular flexibility index (Phi) is 4.49. The lowest BCUT2D eigenvalue weighted by molar-refractivity contribution is 0.0713. The maximum atomic E-state index is 12.8. The van der Waals surface area contributed by atoms with E-state index in [0.717, 1.165) is 42.3 Å². The van der Waals surface area contributed by atoms with Crippen molar-refractivity contribution in [2.24, 2.45) is 0 Å².